The van der Waals surface area contributed by atoms with Crippen molar-refractivity contribution in [3.63, 3.8) is 0 Å². The van der Waals surface area contributed by atoms with Crippen molar-refractivity contribution in [3.05, 3.63) is 53.2 Å². The Hall–Kier alpha value is -2.13. The van der Waals surface area contributed by atoms with Crippen LogP contribution in [0.15, 0.2) is 42.5 Å². The van der Waals surface area contributed by atoms with E-state index in [0.29, 0.717) is 5.15 Å². The summed E-state index contributed by atoms with van der Waals surface area (Å²) in [5.41, 5.74) is 3.06. The van der Waals surface area contributed by atoms with Gasteiger partial charge in [-0.05, 0) is 25.1 Å². The standard InChI is InChI=1S/C16H13ClN2O/c1-10-3-5-11(6-4-10)15-13-8-7-12(20-2)9-14(13)16(17)19-18-15/h3-9H,1-2H3. The molecular formula is C16H13ClN2O. The van der Waals surface area contributed by atoms with E-state index < -0.39 is 0 Å². The first-order valence-electron chi connectivity index (χ1n) is 6.26. The molecular weight excluding hydrogens is 272 g/mol. The van der Waals surface area contributed by atoms with Crippen LogP contribution in [0.3, 0.4) is 0 Å². The number of ether oxygens (including phenoxy) is 1. The highest BCUT2D eigenvalue weighted by Gasteiger charge is 2.10. The Balaban J connectivity index is 2.26. The summed E-state index contributed by atoms with van der Waals surface area (Å²) in [5.74, 6) is 0.752. The molecule has 0 saturated heterocycles. The molecule has 0 radical (unpaired) electrons. The zero-order valence-electron chi connectivity index (χ0n) is 11.2. The van der Waals surface area contributed by atoms with Crippen molar-refractivity contribution in [2.75, 3.05) is 7.11 Å². The molecule has 0 N–H and O–H groups in total. The number of halogens is 1. The molecule has 0 saturated carbocycles. The Kier molecular flexibility index (Phi) is 3.28. The van der Waals surface area contributed by atoms with Crippen LogP contribution in [0, 0.1) is 6.92 Å². The van der Waals surface area contributed by atoms with Gasteiger partial charge in [0.05, 0.1) is 7.11 Å². The lowest BCUT2D eigenvalue weighted by Crippen LogP contribution is -1.92. The number of benzene rings is 2. The SMILES string of the molecule is COc1ccc2c(-c3ccc(C)cc3)nnc(Cl)c2c1. The maximum absolute atomic E-state index is 6.14. The minimum atomic E-state index is 0.384. The summed E-state index contributed by atoms with van der Waals surface area (Å²) >= 11 is 6.14. The van der Waals surface area contributed by atoms with Crippen molar-refractivity contribution in [1.82, 2.24) is 10.2 Å². The molecule has 0 aliphatic heterocycles. The summed E-state index contributed by atoms with van der Waals surface area (Å²) in [6.45, 7) is 2.06. The predicted octanol–water partition coefficient (Wildman–Crippen LogP) is 4.27. The van der Waals surface area contributed by atoms with Gasteiger partial charge in [-0.3, -0.25) is 0 Å². The van der Waals surface area contributed by atoms with Crippen molar-refractivity contribution in [2.24, 2.45) is 0 Å². The Bertz CT molecular complexity index is 769. The fourth-order valence-corrected chi connectivity index (χ4v) is 2.35. The molecule has 0 fully saturated rings. The predicted molar refractivity (Wildman–Crippen MR) is 81.3 cm³/mol. The van der Waals surface area contributed by atoms with Gasteiger partial charge in [-0.25, -0.2) is 0 Å². The Labute approximate surface area is 122 Å². The third-order valence-electron chi connectivity index (χ3n) is 3.27. The van der Waals surface area contributed by atoms with Crippen LogP contribution in [0.2, 0.25) is 5.15 Å². The van der Waals surface area contributed by atoms with Crippen molar-refractivity contribution >= 4 is 22.4 Å². The topological polar surface area (TPSA) is 35.0 Å². The number of methoxy groups -OCH3 is 1. The first-order valence-corrected chi connectivity index (χ1v) is 6.64. The molecule has 3 nitrogen and oxygen atoms in total. The number of fused-ring (bicyclic) bond motifs is 1. The quantitative estimate of drug-likeness (QED) is 0.705. The van der Waals surface area contributed by atoms with E-state index in [9.17, 15) is 0 Å². The van der Waals surface area contributed by atoms with Gasteiger partial charge in [0.1, 0.15) is 11.4 Å². The molecule has 100 valence electrons. The highest BCUT2D eigenvalue weighted by molar-refractivity contribution is 6.34. The van der Waals surface area contributed by atoms with Gasteiger partial charge >= 0.3 is 0 Å². The van der Waals surface area contributed by atoms with E-state index in [-0.39, 0.29) is 0 Å². The molecule has 4 heteroatoms. The highest BCUT2D eigenvalue weighted by Crippen LogP contribution is 2.32. The second-order valence-corrected chi connectivity index (χ2v) is 4.97. The van der Waals surface area contributed by atoms with E-state index >= 15 is 0 Å². The maximum Gasteiger partial charge on any atom is 0.159 e. The largest absolute Gasteiger partial charge is 0.497 e. The van der Waals surface area contributed by atoms with Crippen molar-refractivity contribution < 1.29 is 4.74 Å². The van der Waals surface area contributed by atoms with E-state index in [0.717, 1.165) is 27.8 Å². The van der Waals surface area contributed by atoms with Crippen molar-refractivity contribution in [1.29, 1.82) is 0 Å². The average Bonchev–Trinajstić information content (AvgIpc) is 2.49. The van der Waals surface area contributed by atoms with Crippen LogP contribution in [-0.4, -0.2) is 17.3 Å². The summed E-state index contributed by atoms with van der Waals surface area (Å²) in [6, 6.07) is 13.9. The van der Waals surface area contributed by atoms with E-state index in [1.807, 2.05) is 30.3 Å². The van der Waals surface area contributed by atoms with Crippen molar-refractivity contribution in [3.8, 4) is 17.0 Å². The third kappa shape index (κ3) is 2.21. The van der Waals surface area contributed by atoms with Gasteiger partial charge in [0.25, 0.3) is 0 Å². The lowest BCUT2D eigenvalue weighted by Gasteiger charge is -2.08. The molecule has 0 aliphatic carbocycles. The van der Waals surface area contributed by atoms with E-state index in [1.165, 1.54) is 5.56 Å². The van der Waals surface area contributed by atoms with E-state index in [1.54, 1.807) is 7.11 Å². The second kappa shape index (κ2) is 5.10. The molecule has 3 rings (SSSR count). The molecule has 1 heterocycles. The Morgan fingerprint density at radius 1 is 0.950 bits per heavy atom. The molecule has 2 aromatic carbocycles. The second-order valence-electron chi connectivity index (χ2n) is 4.62. The zero-order valence-corrected chi connectivity index (χ0v) is 12.0. The first kappa shape index (κ1) is 12.9. The number of hydrogen-bond acceptors (Lipinski definition) is 3. The Morgan fingerprint density at radius 2 is 1.70 bits per heavy atom. The number of rotatable bonds is 2. The summed E-state index contributed by atoms with van der Waals surface area (Å²) in [4.78, 5) is 0. The van der Waals surface area contributed by atoms with Crippen molar-refractivity contribution in [2.45, 2.75) is 6.92 Å². The molecule has 0 spiro atoms. The van der Waals surface area contributed by atoms with Crippen LogP contribution in [0.4, 0.5) is 0 Å². The zero-order chi connectivity index (χ0) is 14.1. The summed E-state index contributed by atoms with van der Waals surface area (Å²) in [6.07, 6.45) is 0. The maximum atomic E-state index is 6.14. The third-order valence-corrected chi connectivity index (χ3v) is 3.55. The summed E-state index contributed by atoms with van der Waals surface area (Å²) in [7, 11) is 1.63. The van der Waals surface area contributed by atoms with Gasteiger partial charge < -0.3 is 4.74 Å². The fraction of sp³-hybridized carbons (Fsp3) is 0.125. The molecule has 0 bridgehead atoms. The van der Waals surface area contributed by atoms with Crippen LogP contribution in [0.1, 0.15) is 5.56 Å². The number of aryl methyl sites for hydroxylation is 1. The van der Waals surface area contributed by atoms with Gasteiger partial charge in [0.2, 0.25) is 0 Å². The van der Waals surface area contributed by atoms with Gasteiger partial charge in [-0.2, -0.15) is 0 Å². The van der Waals surface area contributed by atoms with Gasteiger partial charge in [-0.1, -0.05) is 41.4 Å². The monoisotopic (exact) mass is 284 g/mol. The number of hydrogen-bond donors (Lipinski definition) is 0. The van der Waals surface area contributed by atoms with Crippen LogP contribution in [0.5, 0.6) is 5.75 Å². The van der Waals surface area contributed by atoms with E-state index in [4.69, 9.17) is 16.3 Å². The average molecular weight is 285 g/mol. The van der Waals surface area contributed by atoms with E-state index in [2.05, 4.69) is 29.3 Å². The number of nitrogens with zero attached hydrogens (tertiary/aromatic N) is 2. The van der Waals surface area contributed by atoms with Crippen LogP contribution in [-0.2, 0) is 0 Å². The van der Waals surface area contributed by atoms with Crippen LogP contribution < -0.4 is 4.74 Å². The number of aromatic nitrogens is 2. The van der Waals surface area contributed by atoms with Gasteiger partial charge in [-0.15, -0.1) is 10.2 Å². The molecule has 0 amide bonds. The molecule has 1 aromatic heterocycles. The minimum absolute atomic E-state index is 0.384. The molecule has 3 aromatic rings. The molecule has 0 aliphatic rings. The smallest absolute Gasteiger partial charge is 0.159 e. The van der Waals surface area contributed by atoms with Gasteiger partial charge in [0, 0.05) is 16.3 Å². The van der Waals surface area contributed by atoms with Gasteiger partial charge in [0.15, 0.2) is 5.15 Å². The normalized spacial score (nSPS) is 10.8. The molecule has 0 atom stereocenters. The Morgan fingerprint density at radius 3 is 2.40 bits per heavy atom. The lowest BCUT2D eigenvalue weighted by atomic mass is 10.0. The summed E-state index contributed by atoms with van der Waals surface area (Å²) < 4.78 is 5.23. The fourth-order valence-electron chi connectivity index (χ4n) is 2.15. The minimum Gasteiger partial charge on any atom is -0.497 e. The first-order chi connectivity index (χ1) is 9.69. The lowest BCUT2D eigenvalue weighted by molar-refractivity contribution is 0.415. The highest BCUT2D eigenvalue weighted by atomic mass is 35.5. The molecule has 20 heavy (non-hydrogen) atoms. The van der Waals surface area contributed by atoms with Crippen LogP contribution >= 0.6 is 11.6 Å². The summed E-state index contributed by atoms with van der Waals surface area (Å²) in [5, 5.41) is 10.5. The molecule has 0 unspecified atom stereocenters. The van der Waals surface area contributed by atoms with Crippen LogP contribution in [0.25, 0.3) is 22.0 Å².